The molecule has 2 aromatic carbocycles. The minimum Gasteiger partial charge on any atom is -0.406 e. The van der Waals surface area contributed by atoms with Crippen LogP contribution in [0.25, 0.3) is 22.8 Å². The molecule has 0 aliphatic heterocycles. The van der Waals surface area contributed by atoms with Crippen molar-refractivity contribution in [2.45, 2.75) is 31.7 Å². The first-order valence-corrected chi connectivity index (χ1v) is 10.5. The quantitative estimate of drug-likeness (QED) is 0.343. The molecule has 37 heavy (non-hydrogen) atoms. The molecule has 1 unspecified atom stereocenters. The summed E-state index contributed by atoms with van der Waals surface area (Å²) in [5.74, 6) is -1.08. The van der Waals surface area contributed by atoms with Crippen molar-refractivity contribution in [2.75, 3.05) is 0 Å². The van der Waals surface area contributed by atoms with Crippen molar-refractivity contribution in [1.82, 2.24) is 24.5 Å². The Bertz CT molecular complexity index is 1450. The summed E-state index contributed by atoms with van der Waals surface area (Å²) in [6, 6.07) is 10.5. The second-order valence-electron chi connectivity index (χ2n) is 7.53. The van der Waals surface area contributed by atoms with Gasteiger partial charge in [-0.2, -0.15) is 18.2 Å². The molecule has 0 amide bonds. The van der Waals surface area contributed by atoms with Crippen LogP contribution in [0.1, 0.15) is 5.89 Å². The molecule has 0 saturated heterocycles. The molecule has 0 radical (unpaired) electrons. The molecule has 2 heterocycles. The highest BCUT2D eigenvalue weighted by molar-refractivity contribution is 6.30. The number of rotatable bonds is 7. The summed E-state index contributed by atoms with van der Waals surface area (Å²) >= 11 is 5.85. The molecule has 1 N–H and O–H groups in total. The molecule has 4 rings (SSSR count). The third kappa shape index (κ3) is 6.29. The standard InChI is InChI=1S/C21H14ClF6N5O4/c22-13-6-4-11(5-7-13)18-30-33(19(35)32(18)9-15(34)20(23,24)25)10-16-29-17(31-37-16)12-2-1-3-14(8-12)36-21(26,27)28/h1-8,15,34H,9-10H2. The van der Waals surface area contributed by atoms with Gasteiger partial charge in [0.15, 0.2) is 11.9 Å². The van der Waals surface area contributed by atoms with E-state index >= 15 is 0 Å². The average molecular weight is 550 g/mol. The van der Waals surface area contributed by atoms with Gasteiger partial charge in [0.1, 0.15) is 12.3 Å². The Hall–Kier alpha value is -3.85. The topological polar surface area (TPSA) is 108 Å². The van der Waals surface area contributed by atoms with Crippen LogP contribution in [-0.4, -0.2) is 48.2 Å². The van der Waals surface area contributed by atoms with E-state index in [-0.39, 0.29) is 28.7 Å². The Morgan fingerprint density at radius 1 is 1.05 bits per heavy atom. The zero-order valence-electron chi connectivity index (χ0n) is 18.2. The number of nitrogens with zero attached hydrogens (tertiary/aromatic N) is 5. The van der Waals surface area contributed by atoms with Crippen LogP contribution in [0, 0.1) is 0 Å². The van der Waals surface area contributed by atoms with Gasteiger partial charge in [0, 0.05) is 16.1 Å². The molecule has 0 spiro atoms. The van der Waals surface area contributed by atoms with Gasteiger partial charge >= 0.3 is 18.2 Å². The average Bonchev–Trinajstić information content (AvgIpc) is 3.39. The van der Waals surface area contributed by atoms with Gasteiger partial charge in [0.25, 0.3) is 0 Å². The molecule has 0 bridgehead atoms. The lowest BCUT2D eigenvalue weighted by molar-refractivity contribution is -0.274. The van der Waals surface area contributed by atoms with Gasteiger partial charge in [0.2, 0.25) is 11.7 Å². The van der Waals surface area contributed by atoms with Gasteiger partial charge in [-0.1, -0.05) is 28.9 Å². The van der Waals surface area contributed by atoms with Gasteiger partial charge in [-0.3, -0.25) is 4.57 Å². The van der Waals surface area contributed by atoms with E-state index in [1.54, 1.807) is 0 Å². The van der Waals surface area contributed by atoms with Crippen LogP contribution in [0.2, 0.25) is 5.02 Å². The van der Waals surface area contributed by atoms with Crippen molar-refractivity contribution in [1.29, 1.82) is 0 Å². The largest absolute Gasteiger partial charge is 0.573 e. The Labute approximate surface area is 207 Å². The molecule has 0 fully saturated rings. The molecular formula is C21H14ClF6N5O4. The van der Waals surface area contributed by atoms with Crippen molar-refractivity contribution < 1.29 is 40.7 Å². The number of ether oxygens (including phenoxy) is 1. The molecule has 9 nitrogen and oxygen atoms in total. The molecule has 0 saturated carbocycles. The summed E-state index contributed by atoms with van der Waals surface area (Å²) in [7, 11) is 0. The fraction of sp³-hybridized carbons (Fsp3) is 0.238. The van der Waals surface area contributed by atoms with Crippen molar-refractivity contribution in [3.8, 4) is 28.5 Å². The highest BCUT2D eigenvalue weighted by Crippen LogP contribution is 2.27. The number of aromatic nitrogens is 5. The molecule has 1 atom stereocenters. The number of benzene rings is 2. The summed E-state index contributed by atoms with van der Waals surface area (Å²) < 4.78 is 86.7. The van der Waals surface area contributed by atoms with Crippen molar-refractivity contribution in [3.05, 3.63) is 69.9 Å². The van der Waals surface area contributed by atoms with Crippen molar-refractivity contribution >= 4 is 11.6 Å². The van der Waals surface area contributed by atoms with E-state index in [1.807, 2.05) is 0 Å². The summed E-state index contributed by atoms with van der Waals surface area (Å²) in [5, 5.41) is 17.6. The minimum absolute atomic E-state index is 0.102. The summed E-state index contributed by atoms with van der Waals surface area (Å²) in [6.07, 6.45) is -12.8. The number of aliphatic hydroxyl groups is 1. The number of hydrogen-bond acceptors (Lipinski definition) is 7. The van der Waals surface area contributed by atoms with Crippen molar-refractivity contribution in [3.63, 3.8) is 0 Å². The Morgan fingerprint density at radius 2 is 1.76 bits per heavy atom. The first kappa shape index (κ1) is 26.2. The van der Waals surface area contributed by atoms with Crippen LogP contribution >= 0.6 is 11.6 Å². The van der Waals surface area contributed by atoms with Crippen LogP contribution in [0.3, 0.4) is 0 Å². The zero-order chi connectivity index (χ0) is 27.0. The van der Waals surface area contributed by atoms with Crippen LogP contribution in [-0.2, 0) is 13.1 Å². The molecule has 2 aromatic heterocycles. The summed E-state index contributed by atoms with van der Waals surface area (Å²) in [4.78, 5) is 16.9. The van der Waals surface area contributed by atoms with E-state index in [0.29, 0.717) is 9.59 Å². The van der Waals surface area contributed by atoms with E-state index < -0.39 is 43.2 Å². The Balaban J connectivity index is 1.65. The molecule has 16 heteroatoms. The summed E-state index contributed by atoms with van der Waals surface area (Å²) in [6.45, 7) is -1.62. The zero-order valence-corrected chi connectivity index (χ0v) is 18.9. The highest BCUT2D eigenvalue weighted by Gasteiger charge is 2.39. The lowest BCUT2D eigenvalue weighted by Crippen LogP contribution is -2.37. The molecule has 0 aliphatic carbocycles. The van der Waals surface area contributed by atoms with E-state index in [4.69, 9.17) is 16.1 Å². The number of aliphatic hydroxyl groups excluding tert-OH is 1. The predicted molar refractivity (Wildman–Crippen MR) is 115 cm³/mol. The van der Waals surface area contributed by atoms with Crippen LogP contribution in [0.5, 0.6) is 5.75 Å². The normalized spacial score (nSPS) is 13.1. The van der Waals surface area contributed by atoms with E-state index in [0.717, 1.165) is 16.8 Å². The maximum Gasteiger partial charge on any atom is 0.573 e. The van der Waals surface area contributed by atoms with Gasteiger partial charge in [-0.25, -0.2) is 9.48 Å². The summed E-state index contributed by atoms with van der Waals surface area (Å²) in [5.41, 5.74) is -0.680. The number of alkyl halides is 6. The molecule has 0 aliphatic rings. The van der Waals surface area contributed by atoms with Crippen molar-refractivity contribution in [2.24, 2.45) is 0 Å². The van der Waals surface area contributed by atoms with E-state index in [1.165, 1.54) is 36.4 Å². The van der Waals surface area contributed by atoms with Gasteiger partial charge in [-0.05, 0) is 36.4 Å². The highest BCUT2D eigenvalue weighted by atomic mass is 35.5. The monoisotopic (exact) mass is 549 g/mol. The fourth-order valence-corrected chi connectivity index (χ4v) is 3.32. The fourth-order valence-electron chi connectivity index (χ4n) is 3.19. The second kappa shape index (κ2) is 9.89. The smallest absolute Gasteiger partial charge is 0.406 e. The first-order chi connectivity index (χ1) is 17.3. The lowest BCUT2D eigenvalue weighted by atomic mass is 10.2. The second-order valence-corrected chi connectivity index (χ2v) is 7.96. The van der Waals surface area contributed by atoms with Gasteiger partial charge in [-0.15, -0.1) is 18.3 Å². The first-order valence-electron chi connectivity index (χ1n) is 10.2. The van der Waals surface area contributed by atoms with Crippen LogP contribution in [0.15, 0.2) is 57.8 Å². The number of halogens is 7. The molecular weight excluding hydrogens is 536 g/mol. The van der Waals surface area contributed by atoms with Crippen LogP contribution in [0.4, 0.5) is 26.3 Å². The Kier molecular flexibility index (Phi) is 7.01. The SMILES string of the molecule is O=c1n(Cc2nc(-c3cccc(OC(F)(F)F)c3)no2)nc(-c2ccc(Cl)cc2)n1CC(O)C(F)(F)F. The van der Waals surface area contributed by atoms with Gasteiger partial charge < -0.3 is 14.4 Å². The van der Waals surface area contributed by atoms with E-state index in [9.17, 15) is 36.2 Å². The maximum atomic E-state index is 13.0. The van der Waals surface area contributed by atoms with E-state index in [2.05, 4.69) is 20.0 Å². The lowest BCUT2D eigenvalue weighted by Gasteiger charge is -2.15. The maximum absolute atomic E-state index is 13.0. The third-order valence-electron chi connectivity index (χ3n) is 4.84. The minimum atomic E-state index is -5.00. The predicted octanol–water partition coefficient (Wildman–Crippen LogP) is 4.29. The number of hydrogen-bond donors (Lipinski definition) is 1. The molecule has 4 aromatic rings. The third-order valence-corrected chi connectivity index (χ3v) is 5.09. The van der Waals surface area contributed by atoms with Gasteiger partial charge in [0.05, 0.1) is 6.54 Å². The Morgan fingerprint density at radius 3 is 2.41 bits per heavy atom. The molecule has 196 valence electrons. The van der Waals surface area contributed by atoms with Crippen LogP contribution < -0.4 is 10.4 Å².